The van der Waals surface area contributed by atoms with Crippen LogP contribution in [-0.4, -0.2) is 38.3 Å². The van der Waals surface area contributed by atoms with Gasteiger partial charge >= 0.3 is 0 Å². The molecule has 2 aromatic heterocycles. The molecule has 9 heteroatoms. The molecule has 0 saturated carbocycles. The van der Waals surface area contributed by atoms with Crippen molar-refractivity contribution in [3.63, 3.8) is 0 Å². The normalized spacial score (nSPS) is 10.5. The third-order valence-corrected chi connectivity index (χ3v) is 3.65. The van der Waals surface area contributed by atoms with Gasteiger partial charge < -0.3 is 11.1 Å². The maximum absolute atomic E-state index is 13.6. The minimum atomic E-state index is -0.676. The Hall–Kier alpha value is -3.62. The van der Waals surface area contributed by atoms with Crippen molar-refractivity contribution in [2.24, 2.45) is 5.73 Å². The maximum atomic E-state index is 13.6. The van der Waals surface area contributed by atoms with E-state index in [2.05, 4.69) is 20.6 Å². The van der Waals surface area contributed by atoms with Gasteiger partial charge in [0, 0.05) is 18.0 Å². The Balaban J connectivity index is 2.12. The van der Waals surface area contributed by atoms with Crippen molar-refractivity contribution in [1.29, 1.82) is 0 Å². The Kier molecular flexibility index (Phi) is 4.70. The molecule has 0 atom stereocenters. The first kappa shape index (κ1) is 17.2. The average molecular weight is 354 g/mol. The molecule has 0 aliphatic heterocycles. The van der Waals surface area contributed by atoms with Crippen LogP contribution in [-0.2, 0) is 4.79 Å². The lowest BCUT2D eigenvalue weighted by molar-refractivity contribution is -0.117. The highest BCUT2D eigenvalue weighted by Gasteiger charge is 2.22. The minimum absolute atomic E-state index is 0.0134. The van der Waals surface area contributed by atoms with Crippen LogP contribution in [0.15, 0.2) is 42.7 Å². The van der Waals surface area contributed by atoms with E-state index in [0.29, 0.717) is 22.5 Å². The molecular weight excluding hydrogens is 339 g/mol. The Morgan fingerprint density at radius 2 is 1.96 bits per heavy atom. The number of nitrogens with zero attached hydrogens (tertiary/aromatic N) is 4. The fourth-order valence-electron chi connectivity index (χ4n) is 2.40. The first-order valence-electron chi connectivity index (χ1n) is 7.66. The molecule has 0 unspecified atom stereocenters. The molecule has 0 fully saturated rings. The third kappa shape index (κ3) is 3.41. The van der Waals surface area contributed by atoms with Crippen molar-refractivity contribution in [1.82, 2.24) is 25.3 Å². The van der Waals surface area contributed by atoms with E-state index in [-0.39, 0.29) is 18.1 Å². The standard InChI is InChI=1S/C17H15FN6O2/c1-10-8-12(2-3-13(10)18)24-16(11-4-6-20-7-5-11)15(22-23-24)17(26)21-9-14(19)25/h2-8H,9H2,1H3,(H2,19,25)(H,21,26). The van der Waals surface area contributed by atoms with Crippen LogP contribution in [0.4, 0.5) is 4.39 Å². The van der Waals surface area contributed by atoms with Crippen LogP contribution in [0.3, 0.4) is 0 Å². The SMILES string of the molecule is Cc1cc(-n2nnc(C(=O)NCC(N)=O)c2-c2ccncc2)ccc1F. The molecule has 0 aliphatic rings. The summed E-state index contributed by atoms with van der Waals surface area (Å²) >= 11 is 0. The van der Waals surface area contributed by atoms with Gasteiger partial charge in [-0.1, -0.05) is 5.21 Å². The molecule has 3 N–H and O–H groups in total. The Morgan fingerprint density at radius 1 is 1.23 bits per heavy atom. The summed E-state index contributed by atoms with van der Waals surface area (Å²) in [6, 6.07) is 7.83. The number of carbonyl (C=O) groups is 2. The lowest BCUT2D eigenvalue weighted by atomic mass is 10.1. The highest BCUT2D eigenvalue weighted by Crippen LogP contribution is 2.25. The molecule has 0 bridgehead atoms. The summed E-state index contributed by atoms with van der Waals surface area (Å²) in [5.41, 5.74) is 7.06. The zero-order valence-electron chi connectivity index (χ0n) is 13.8. The number of nitrogens with one attached hydrogen (secondary N) is 1. The van der Waals surface area contributed by atoms with Crippen LogP contribution in [0.1, 0.15) is 16.1 Å². The fraction of sp³-hybridized carbons (Fsp3) is 0.118. The number of hydrogen-bond acceptors (Lipinski definition) is 5. The van der Waals surface area contributed by atoms with Crippen LogP contribution in [0, 0.1) is 12.7 Å². The number of aryl methyl sites for hydroxylation is 1. The molecule has 26 heavy (non-hydrogen) atoms. The highest BCUT2D eigenvalue weighted by atomic mass is 19.1. The summed E-state index contributed by atoms with van der Waals surface area (Å²) in [6.07, 6.45) is 3.13. The van der Waals surface area contributed by atoms with Crippen molar-refractivity contribution < 1.29 is 14.0 Å². The molecule has 0 radical (unpaired) electrons. The van der Waals surface area contributed by atoms with Gasteiger partial charge in [-0.3, -0.25) is 14.6 Å². The number of halogens is 1. The topological polar surface area (TPSA) is 116 Å². The summed E-state index contributed by atoms with van der Waals surface area (Å²) in [4.78, 5) is 27.3. The number of rotatable bonds is 5. The van der Waals surface area contributed by atoms with Gasteiger partial charge in [0.25, 0.3) is 5.91 Å². The molecule has 132 valence electrons. The van der Waals surface area contributed by atoms with E-state index in [1.54, 1.807) is 37.5 Å². The van der Waals surface area contributed by atoms with Crippen LogP contribution in [0.2, 0.25) is 0 Å². The lowest BCUT2D eigenvalue weighted by Crippen LogP contribution is -2.33. The summed E-state index contributed by atoms with van der Waals surface area (Å²) in [5.74, 6) is -1.62. The molecule has 0 saturated heterocycles. The van der Waals surface area contributed by atoms with Crippen molar-refractivity contribution in [3.05, 3.63) is 59.8 Å². The van der Waals surface area contributed by atoms with E-state index < -0.39 is 11.8 Å². The molecule has 3 rings (SSSR count). The molecule has 1 aromatic carbocycles. The third-order valence-electron chi connectivity index (χ3n) is 3.65. The van der Waals surface area contributed by atoms with Gasteiger partial charge in [-0.15, -0.1) is 5.10 Å². The van der Waals surface area contributed by atoms with Gasteiger partial charge in [-0.2, -0.15) is 0 Å². The minimum Gasteiger partial charge on any atom is -0.368 e. The Bertz CT molecular complexity index is 971. The van der Waals surface area contributed by atoms with Gasteiger partial charge in [0.15, 0.2) is 5.69 Å². The van der Waals surface area contributed by atoms with Gasteiger partial charge in [-0.25, -0.2) is 9.07 Å². The van der Waals surface area contributed by atoms with E-state index >= 15 is 0 Å². The average Bonchev–Trinajstić information content (AvgIpc) is 3.08. The van der Waals surface area contributed by atoms with E-state index in [9.17, 15) is 14.0 Å². The summed E-state index contributed by atoms with van der Waals surface area (Å²) in [5, 5.41) is 10.4. The predicted octanol–water partition coefficient (Wildman–Crippen LogP) is 0.992. The van der Waals surface area contributed by atoms with Crippen LogP contribution in [0.5, 0.6) is 0 Å². The van der Waals surface area contributed by atoms with Crippen LogP contribution in [0.25, 0.3) is 16.9 Å². The van der Waals surface area contributed by atoms with Crippen molar-refractivity contribution >= 4 is 11.8 Å². The summed E-state index contributed by atoms with van der Waals surface area (Å²) < 4.78 is 15.0. The largest absolute Gasteiger partial charge is 0.368 e. The van der Waals surface area contributed by atoms with Gasteiger partial charge in [-0.05, 0) is 42.8 Å². The Morgan fingerprint density at radius 3 is 2.62 bits per heavy atom. The van der Waals surface area contributed by atoms with Crippen LogP contribution < -0.4 is 11.1 Å². The monoisotopic (exact) mass is 354 g/mol. The fourth-order valence-corrected chi connectivity index (χ4v) is 2.40. The molecule has 2 heterocycles. The highest BCUT2D eigenvalue weighted by molar-refractivity contribution is 5.99. The van der Waals surface area contributed by atoms with Crippen molar-refractivity contribution in [3.8, 4) is 16.9 Å². The number of aromatic nitrogens is 4. The summed E-state index contributed by atoms with van der Waals surface area (Å²) in [7, 11) is 0. The smallest absolute Gasteiger partial charge is 0.274 e. The second kappa shape index (κ2) is 7.09. The van der Waals surface area contributed by atoms with E-state index in [1.165, 1.54) is 16.8 Å². The second-order valence-electron chi connectivity index (χ2n) is 5.52. The zero-order chi connectivity index (χ0) is 18.7. The number of carbonyl (C=O) groups excluding carboxylic acids is 2. The molecular formula is C17H15FN6O2. The first-order valence-corrected chi connectivity index (χ1v) is 7.66. The van der Waals surface area contributed by atoms with E-state index in [0.717, 1.165) is 0 Å². The van der Waals surface area contributed by atoms with E-state index in [1.807, 2.05) is 0 Å². The molecule has 3 aromatic rings. The number of benzene rings is 1. The number of hydrogen-bond donors (Lipinski definition) is 2. The molecule has 2 amide bonds. The zero-order valence-corrected chi connectivity index (χ0v) is 13.8. The molecule has 0 spiro atoms. The molecule has 0 aliphatic carbocycles. The van der Waals surface area contributed by atoms with E-state index in [4.69, 9.17) is 5.73 Å². The van der Waals surface area contributed by atoms with Gasteiger partial charge in [0.2, 0.25) is 5.91 Å². The van der Waals surface area contributed by atoms with Gasteiger partial charge in [0.05, 0.1) is 12.2 Å². The Labute approximate surface area is 147 Å². The number of nitrogens with two attached hydrogens (primary N) is 1. The van der Waals surface area contributed by atoms with Gasteiger partial charge in [0.1, 0.15) is 11.5 Å². The maximum Gasteiger partial charge on any atom is 0.274 e. The number of pyridine rings is 1. The van der Waals surface area contributed by atoms with Crippen molar-refractivity contribution in [2.45, 2.75) is 6.92 Å². The number of primary amides is 1. The summed E-state index contributed by atoms with van der Waals surface area (Å²) in [6.45, 7) is 1.31. The lowest BCUT2D eigenvalue weighted by Gasteiger charge is -2.09. The van der Waals surface area contributed by atoms with Crippen LogP contribution >= 0.6 is 0 Å². The number of amides is 2. The second-order valence-corrected chi connectivity index (χ2v) is 5.52. The van der Waals surface area contributed by atoms with Crippen molar-refractivity contribution in [2.75, 3.05) is 6.54 Å². The quantitative estimate of drug-likeness (QED) is 0.709. The first-order chi connectivity index (χ1) is 12.5. The predicted molar refractivity (Wildman–Crippen MR) is 90.8 cm³/mol. The molecule has 8 nitrogen and oxygen atoms in total.